The molecule has 0 saturated carbocycles. The molecule has 1 N–H and O–H groups in total. The normalized spacial score (nSPS) is 15.8. The molecule has 1 aliphatic rings. The maximum absolute atomic E-state index is 12.4. The van der Waals surface area contributed by atoms with Crippen molar-refractivity contribution in [3.05, 3.63) is 24.0 Å². The summed E-state index contributed by atoms with van der Waals surface area (Å²) in [5.41, 5.74) is 1.43. The van der Waals surface area contributed by atoms with Gasteiger partial charge in [0.15, 0.2) is 0 Å². The minimum atomic E-state index is 0.0438. The van der Waals surface area contributed by atoms with Crippen LogP contribution in [0.2, 0.25) is 0 Å². The van der Waals surface area contributed by atoms with Gasteiger partial charge >= 0.3 is 0 Å². The standard InChI is InChI=1S/C15H23N3O2/c1-20-11-8-16-13-6-7-17-14(12-13)15(19)18-9-4-2-3-5-10-18/h6-7,12H,2-5,8-11H2,1H3,(H,16,17). The molecule has 0 aromatic carbocycles. The highest BCUT2D eigenvalue weighted by atomic mass is 16.5. The van der Waals surface area contributed by atoms with Gasteiger partial charge < -0.3 is 15.0 Å². The molecule has 1 aromatic heterocycles. The fourth-order valence-corrected chi connectivity index (χ4v) is 2.39. The SMILES string of the molecule is COCCNc1ccnc(C(=O)N2CCCCCC2)c1. The van der Waals surface area contributed by atoms with Crippen LogP contribution in [0.3, 0.4) is 0 Å². The quantitative estimate of drug-likeness (QED) is 0.838. The van der Waals surface area contributed by atoms with Crippen molar-refractivity contribution in [3.63, 3.8) is 0 Å². The molecule has 110 valence electrons. The van der Waals surface area contributed by atoms with Gasteiger partial charge in [0.25, 0.3) is 5.91 Å². The van der Waals surface area contributed by atoms with E-state index in [-0.39, 0.29) is 5.91 Å². The summed E-state index contributed by atoms with van der Waals surface area (Å²) >= 11 is 0. The van der Waals surface area contributed by atoms with E-state index < -0.39 is 0 Å². The van der Waals surface area contributed by atoms with Crippen molar-refractivity contribution in [2.75, 3.05) is 38.7 Å². The predicted molar refractivity (Wildman–Crippen MR) is 79.0 cm³/mol. The summed E-state index contributed by atoms with van der Waals surface area (Å²) in [5, 5.41) is 3.22. The Kier molecular flexibility index (Phi) is 5.80. The van der Waals surface area contributed by atoms with Crippen LogP contribution in [0.1, 0.15) is 36.2 Å². The molecular weight excluding hydrogens is 254 g/mol. The lowest BCUT2D eigenvalue weighted by atomic mass is 10.2. The number of ether oxygens (including phenoxy) is 1. The molecule has 5 heteroatoms. The summed E-state index contributed by atoms with van der Waals surface area (Å²) in [4.78, 5) is 18.6. The fraction of sp³-hybridized carbons (Fsp3) is 0.600. The highest BCUT2D eigenvalue weighted by molar-refractivity contribution is 5.93. The third-order valence-corrected chi connectivity index (χ3v) is 3.51. The number of amides is 1. The minimum Gasteiger partial charge on any atom is -0.383 e. The van der Waals surface area contributed by atoms with Crippen LogP contribution in [0.25, 0.3) is 0 Å². The monoisotopic (exact) mass is 277 g/mol. The van der Waals surface area contributed by atoms with Gasteiger partial charge in [0.1, 0.15) is 5.69 Å². The third kappa shape index (κ3) is 4.20. The maximum Gasteiger partial charge on any atom is 0.272 e. The Labute approximate surface area is 120 Å². The van der Waals surface area contributed by atoms with E-state index in [1.807, 2.05) is 17.0 Å². The smallest absolute Gasteiger partial charge is 0.272 e. The van der Waals surface area contributed by atoms with Crippen LogP contribution in [0, 0.1) is 0 Å². The molecule has 1 aromatic rings. The lowest BCUT2D eigenvalue weighted by molar-refractivity contribution is 0.0756. The highest BCUT2D eigenvalue weighted by Crippen LogP contribution is 2.14. The van der Waals surface area contributed by atoms with Crippen molar-refractivity contribution in [2.45, 2.75) is 25.7 Å². The zero-order valence-electron chi connectivity index (χ0n) is 12.1. The minimum absolute atomic E-state index is 0.0438. The molecule has 0 atom stereocenters. The van der Waals surface area contributed by atoms with Gasteiger partial charge in [0, 0.05) is 38.6 Å². The number of carbonyl (C=O) groups excluding carboxylic acids is 1. The first kappa shape index (κ1) is 14.8. The van der Waals surface area contributed by atoms with Gasteiger partial charge in [-0.3, -0.25) is 9.78 Å². The molecule has 1 saturated heterocycles. The first-order valence-electron chi connectivity index (χ1n) is 7.29. The number of anilines is 1. The second kappa shape index (κ2) is 7.85. The highest BCUT2D eigenvalue weighted by Gasteiger charge is 2.18. The Morgan fingerprint density at radius 3 is 2.80 bits per heavy atom. The van der Waals surface area contributed by atoms with Crippen LogP contribution in [0.5, 0.6) is 0 Å². The molecule has 0 spiro atoms. The number of carbonyl (C=O) groups is 1. The molecule has 2 rings (SSSR count). The number of hydrogen-bond acceptors (Lipinski definition) is 4. The van der Waals surface area contributed by atoms with Crippen molar-refractivity contribution in [2.24, 2.45) is 0 Å². The Bertz CT molecular complexity index is 429. The number of nitrogens with one attached hydrogen (secondary N) is 1. The summed E-state index contributed by atoms with van der Waals surface area (Å²) in [7, 11) is 1.67. The van der Waals surface area contributed by atoms with Crippen molar-refractivity contribution < 1.29 is 9.53 Å². The lowest BCUT2D eigenvalue weighted by Crippen LogP contribution is -2.32. The molecule has 1 amide bonds. The Hall–Kier alpha value is -1.62. The van der Waals surface area contributed by atoms with Crippen molar-refractivity contribution >= 4 is 11.6 Å². The lowest BCUT2D eigenvalue weighted by Gasteiger charge is -2.20. The molecule has 2 heterocycles. The van der Waals surface area contributed by atoms with E-state index in [1.54, 1.807) is 13.3 Å². The van der Waals surface area contributed by atoms with Crippen LogP contribution in [0.15, 0.2) is 18.3 Å². The number of nitrogens with zero attached hydrogens (tertiary/aromatic N) is 2. The van der Waals surface area contributed by atoms with E-state index in [4.69, 9.17) is 4.74 Å². The van der Waals surface area contributed by atoms with E-state index >= 15 is 0 Å². The van der Waals surface area contributed by atoms with E-state index in [1.165, 1.54) is 12.8 Å². The molecule has 0 radical (unpaired) electrons. The number of likely N-dealkylation sites (tertiary alicyclic amines) is 1. The largest absolute Gasteiger partial charge is 0.383 e. The molecule has 20 heavy (non-hydrogen) atoms. The fourth-order valence-electron chi connectivity index (χ4n) is 2.39. The topological polar surface area (TPSA) is 54.5 Å². The van der Waals surface area contributed by atoms with E-state index in [0.29, 0.717) is 12.3 Å². The molecule has 0 aliphatic carbocycles. The molecule has 1 fully saturated rings. The van der Waals surface area contributed by atoms with Gasteiger partial charge in [-0.2, -0.15) is 0 Å². The Balaban J connectivity index is 1.99. The van der Waals surface area contributed by atoms with E-state index in [2.05, 4.69) is 10.3 Å². The van der Waals surface area contributed by atoms with Crippen LogP contribution >= 0.6 is 0 Å². The molecule has 0 unspecified atom stereocenters. The van der Waals surface area contributed by atoms with Gasteiger partial charge in [-0.15, -0.1) is 0 Å². The zero-order valence-corrected chi connectivity index (χ0v) is 12.1. The second-order valence-corrected chi connectivity index (χ2v) is 5.06. The molecule has 5 nitrogen and oxygen atoms in total. The summed E-state index contributed by atoms with van der Waals surface area (Å²) in [6.45, 7) is 3.05. The van der Waals surface area contributed by atoms with Gasteiger partial charge in [-0.25, -0.2) is 0 Å². The summed E-state index contributed by atoms with van der Waals surface area (Å²) in [6, 6.07) is 3.69. The van der Waals surface area contributed by atoms with Crippen LogP contribution in [0.4, 0.5) is 5.69 Å². The zero-order chi connectivity index (χ0) is 14.2. The van der Waals surface area contributed by atoms with Gasteiger partial charge in [-0.1, -0.05) is 12.8 Å². The summed E-state index contributed by atoms with van der Waals surface area (Å²) in [5.74, 6) is 0.0438. The second-order valence-electron chi connectivity index (χ2n) is 5.06. The van der Waals surface area contributed by atoms with Gasteiger partial charge in [-0.05, 0) is 25.0 Å². The van der Waals surface area contributed by atoms with Crippen molar-refractivity contribution in [1.29, 1.82) is 0 Å². The molecular formula is C15H23N3O2. The third-order valence-electron chi connectivity index (χ3n) is 3.51. The number of pyridine rings is 1. The average Bonchev–Trinajstić information content (AvgIpc) is 2.76. The molecule has 1 aliphatic heterocycles. The van der Waals surface area contributed by atoms with Crippen LogP contribution in [-0.2, 0) is 4.74 Å². The summed E-state index contributed by atoms with van der Waals surface area (Å²) in [6.07, 6.45) is 6.31. The van der Waals surface area contributed by atoms with Crippen LogP contribution < -0.4 is 5.32 Å². The first-order chi connectivity index (χ1) is 9.81. The van der Waals surface area contributed by atoms with Crippen molar-refractivity contribution in [1.82, 2.24) is 9.88 Å². The number of rotatable bonds is 5. The average molecular weight is 277 g/mol. The number of aromatic nitrogens is 1. The number of hydrogen-bond donors (Lipinski definition) is 1. The summed E-state index contributed by atoms with van der Waals surface area (Å²) < 4.78 is 5.00. The van der Waals surface area contributed by atoms with Crippen molar-refractivity contribution in [3.8, 4) is 0 Å². The predicted octanol–water partition coefficient (Wildman–Crippen LogP) is 2.16. The maximum atomic E-state index is 12.4. The van der Waals surface area contributed by atoms with E-state index in [0.717, 1.165) is 38.2 Å². The Morgan fingerprint density at radius 1 is 1.35 bits per heavy atom. The van der Waals surface area contributed by atoms with E-state index in [9.17, 15) is 4.79 Å². The number of methoxy groups -OCH3 is 1. The first-order valence-corrected chi connectivity index (χ1v) is 7.29. The van der Waals surface area contributed by atoms with Crippen LogP contribution in [-0.4, -0.2) is 49.1 Å². The molecule has 0 bridgehead atoms. The van der Waals surface area contributed by atoms with Gasteiger partial charge in [0.2, 0.25) is 0 Å². The Morgan fingerprint density at radius 2 is 2.10 bits per heavy atom. The van der Waals surface area contributed by atoms with Gasteiger partial charge in [0.05, 0.1) is 6.61 Å².